The molecule has 0 bridgehead atoms. The molecular formula is C19H20IN3O3S. The van der Waals surface area contributed by atoms with E-state index in [0.29, 0.717) is 18.9 Å². The van der Waals surface area contributed by atoms with Crippen molar-refractivity contribution in [3.05, 3.63) is 51.4 Å². The van der Waals surface area contributed by atoms with Gasteiger partial charge in [-0.1, -0.05) is 17.7 Å². The summed E-state index contributed by atoms with van der Waals surface area (Å²) in [5.74, 6) is 0. The Hall–Kier alpha value is -1.65. The first kappa shape index (κ1) is 18.7. The van der Waals surface area contributed by atoms with Crippen LogP contribution in [0.3, 0.4) is 0 Å². The van der Waals surface area contributed by atoms with Gasteiger partial charge in [-0.15, -0.1) is 0 Å². The minimum absolute atomic E-state index is 0.262. The van der Waals surface area contributed by atoms with Crippen molar-refractivity contribution < 1.29 is 13.2 Å². The Morgan fingerprint density at radius 1 is 1.11 bits per heavy atom. The van der Waals surface area contributed by atoms with E-state index in [1.54, 1.807) is 30.5 Å². The quantitative estimate of drug-likeness (QED) is 0.520. The van der Waals surface area contributed by atoms with Crippen molar-refractivity contribution in [2.45, 2.75) is 18.7 Å². The van der Waals surface area contributed by atoms with E-state index in [9.17, 15) is 8.42 Å². The largest absolute Gasteiger partial charge is 0.378 e. The second-order valence-corrected chi connectivity index (χ2v) is 9.65. The second-order valence-electron chi connectivity index (χ2n) is 6.67. The third kappa shape index (κ3) is 3.34. The van der Waals surface area contributed by atoms with Gasteiger partial charge < -0.3 is 9.64 Å². The lowest BCUT2D eigenvalue weighted by molar-refractivity contribution is 0.123. The van der Waals surface area contributed by atoms with Crippen LogP contribution in [-0.2, 0) is 14.8 Å². The fraction of sp³-hybridized carbons (Fsp3) is 0.316. The molecule has 0 radical (unpaired) electrons. The normalized spacial score (nSPS) is 15.4. The minimum Gasteiger partial charge on any atom is -0.378 e. The number of fused-ring (bicyclic) bond motifs is 1. The van der Waals surface area contributed by atoms with Crippen LogP contribution in [0.5, 0.6) is 0 Å². The summed E-state index contributed by atoms with van der Waals surface area (Å²) in [5, 5.41) is 0.874. The molecule has 1 aromatic carbocycles. The highest BCUT2D eigenvalue weighted by molar-refractivity contribution is 14.1. The zero-order valence-electron chi connectivity index (χ0n) is 15.1. The lowest BCUT2D eigenvalue weighted by atomic mass is 10.2. The van der Waals surface area contributed by atoms with Crippen LogP contribution in [0.15, 0.2) is 41.4 Å². The van der Waals surface area contributed by atoms with Gasteiger partial charge >= 0.3 is 0 Å². The molecule has 3 heterocycles. The Labute approximate surface area is 172 Å². The van der Waals surface area contributed by atoms with Gasteiger partial charge in [0.15, 0.2) is 5.65 Å². The van der Waals surface area contributed by atoms with Gasteiger partial charge in [-0.3, -0.25) is 0 Å². The van der Waals surface area contributed by atoms with E-state index in [4.69, 9.17) is 4.74 Å². The lowest BCUT2D eigenvalue weighted by Crippen LogP contribution is -2.36. The van der Waals surface area contributed by atoms with E-state index in [1.807, 2.05) is 19.9 Å². The fourth-order valence-electron chi connectivity index (χ4n) is 3.32. The zero-order valence-corrected chi connectivity index (χ0v) is 18.1. The molecule has 3 aromatic rings. The molecule has 1 saturated heterocycles. The first-order valence-electron chi connectivity index (χ1n) is 8.71. The Morgan fingerprint density at radius 2 is 1.78 bits per heavy atom. The molecule has 6 nitrogen and oxygen atoms in total. The Kier molecular flexibility index (Phi) is 4.89. The SMILES string of the molecule is Cc1ccc(S(=O)(=O)n2cc(I)c3c(N4CCOCC4)cc(C)nc32)cc1. The Bertz CT molecular complexity index is 1100. The van der Waals surface area contributed by atoms with Gasteiger partial charge in [0.2, 0.25) is 0 Å². The van der Waals surface area contributed by atoms with Crippen LogP contribution in [-0.4, -0.2) is 43.7 Å². The molecule has 27 heavy (non-hydrogen) atoms. The van der Waals surface area contributed by atoms with Crippen molar-refractivity contribution in [2.24, 2.45) is 0 Å². The van der Waals surface area contributed by atoms with Gasteiger partial charge in [-0.05, 0) is 54.6 Å². The summed E-state index contributed by atoms with van der Waals surface area (Å²) in [7, 11) is -3.72. The summed E-state index contributed by atoms with van der Waals surface area (Å²) < 4.78 is 34.2. The maximum absolute atomic E-state index is 13.3. The number of rotatable bonds is 3. The molecule has 8 heteroatoms. The monoisotopic (exact) mass is 497 g/mol. The standard InChI is InChI=1S/C19H20IN3O3S/c1-13-3-5-15(6-4-13)27(24,25)23-12-16(20)18-17(11-14(2)21-19(18)23)22-7-9-26-10-8-22/h3-6,11-12H,7-10H2,1-2H3. The van der Waals surface area contributed by atoms with E-state index >= 15 is 0 Å². The van der Waals surface area contributed by atoms with E-state index < -0.39 is 10.0 Å². The maximum Gasteiger partial charge on any atom is 0.269 e. The molecule has 1 aliphatic rings. The zero-order chi connectivity index (χ0) is 19.2. The molecular weight excluding hydrogens is 477 g/mol. The van der Waals surface area contributed by atoms with E-state index in [1.165, 1.54) is 3.97 Å². The number of morpholine rings is 1. The van der Waals surface area contributed by atoms with E-state index in [0.717, 1.165) is 39.0 Å². The Morgan fingerprint density at radius 3 is 2.44 bits per heavy atom. The van der Waals surface area contributed by atoms with Crippen LogP contribution in [0.2, 0.25) is 0 Å². The van der Waals surface area contributed by atoms with Crippen molar-refractivity contribution >= 4 is 49.3 Å². The van der Waals surface area contributed by atoms with Gasteiger partial charge in [-0.25, -0.2) is 17.4 Å². The van der Waals surface area contributed by atoms with Gasteiger partial charge in [0.25, 0.3) is 10.0 Å². The second kappa shape index (κ2) is 7.06. The van der Waals surface area contributed by atoms with Crippen molar-refractivity contribution in [2.75, 3.05) is 31.2 Å². The van der Waals surface area contributed by atoms with E-state index in [-0.39, 0.29) is 4.90 Å². The molecule has 0 saturated carbocycles. The molecule has 142 valence electrons. The summed E-state index contributed by atoms with van der Waals surface area (Å²) in [4.78, 5) is 7.09. The number of aromatic nitrogens is 2. The summed E-state index contributed by atoms with van der Waals surface area (Å²) in [5.41, 5.74) is 3.30. The molecule has 0 amide bonds. The molecule has 4 rings (SSSR count). The predicted molar refractivity (Wildman–Crippen MR) is 114 cm³/mol. The lowest BCUT2D eigenvalue weighted by Gasteiger charge is -2.29. The summed E-state index contributed by atoms with van der Waals surface area (Å²) >= 11 is 2.19. The van der Waals surface area contributed by atoms with Crippen LogP contribution in [0.25, 0.3) is 11.0 Å². The number of nitrogens with zero attached hydrogens (tertiary/aromatic N) is 3. The highest BCUT2D eigenvalue weighted by Crippen LogP contribution is 2.34. The number of ether oxygens (including phenoxy) is 1. The van der Waals surface area contributed by atoms with E-state index in [2.05, 4.69) is 32.5 Å². The van der Waals surface area contributed by atoms with Crippen LogP contribution >= 0.6 is 22.6 Å². The van der Waals surface area contributed by atoms with Crippen LogP contribution in [0.1, 0.15) is 11.3 Å². The van der Waals surface area contributed by atoms with Crippen molar-refractivity contribution in [3.63, 3.8) is 0 Å². The molecule has 0 aliphatic carbocycles. The predicted octanol–water partition coefficient (Wildman–Crippen LogP) is 3.33. The van der Waals surface area contributed by atoms with Crippen molar-refractivity contribution in [1.29, 1.82) is 0 Å². The van der Waals surface area contributed by atoms with Gasteiger partial charge in [0.05, 0.1) is 29.2 Å². The fourth-order valence-corrected chi connectivity index (χ4v) is 5.61. The number of anilines is 1. The van der Waals surface area contributed by atoms with Crippen LogP contribution in [0.4, 0.5) is 5.69 Å². The molecule has 0 unspecified atom stereocenters. The number of pyridine rings is 1. The topological polar surface area (TPSA) is 64.4 Å². The molecule has 1 fully saturated rings. The Balaban J connectivity index is 1.93. The average molecular weight is 497 g/mol. The third-order valence-electron chi connectivity index (χ3n) is 4.72. The van der Waals surface area contributed by atoms with Gasteiger partial charge in [-0.2, -0.15) is 0 Å². The van der Waals surface area contributed by atoms with Crippen LogP contribution in [0, 0.1) is 17.4 Å². The minimum atomic E-state index is -3.72. The number of hydrogen-bond donors (Lipinski definition) is 0. The molecule has 0 spiro atoms. The molecule has 0 atom stereocenters. The molecule has 1 aliphatic heterocycles. The molecule has 2 aromatic heterocycles. The number of hydrogen-bond acceptors (Lipinski definition) is 5. The maximum atomic E-state index is 13.3. The number of benzene rings is 1. The average Bonchev–Trinajstić information content (AvgIpc) is 2.99. The van der Waals surface area contributed by atoms with Gasteiger partial charge in [0.1, 0.15) is 0 Å². The highest BCUT2D eigenvalue weighted by atomic mass is 127. The molecule has 0 N–H and O–H groups in total. The highest BCUT2D eigenvalue weighted by Gasteiger charge is 2.25. The number of aryl methyl sites for hydroxylation is 2. The first-order valence-corrected chi connectivity index (χ1v) is 11.2. The first-order chi connectivity index (χ1) is 12.9. The summed E-state index contributed by atoms with van der Waals surface area (Å²) in [6, 6.07) is 8.92. The van der Waals surface area contributed by atoms with Crippen molar-refractivity contribution in [3.8, 4) is 0 Å². The third-order valence-corrected chi connectivity index (χ3v) is 7.20. The summed E-state index contributed by atoms with van der Waals surface area (Å²) in [6.45, 7) is 6.73. The summed E-state index contributed by atoms with van der Waals surface area (Å²) in [6.07, 6.45) is 1.66. The van der Waals surface area contributed by atoms with Gasteiger partial charge in [0, 0.05) is 28.6 Å². The van der Waals surface area contributed by atoms with Crippen molar-refractivity contribution in [1.82, 2.24) is 8.96 Å². The number of halogens is 1. The smallest absolute Gasteiger partial charge is 0.269 e. The van der Waals surface area contributed by atoms with Crippen LogP contribution < -0.4 is 4.90 Å².